The fourth-order valence-electron chi connectivity index (χ4n) is 2.39. The molecule has 144 valence electrons. The summed E-state index contributed by atoms with van der Waals surface area (Å²) >= 11 is 0. The zero-order valence-corrected chi connectivity index (χ0v) is 16.3. The normalized spacial score (nSPS) is 12.2. The van der Waals surface area contributed by atoms with Gasteiger partial charge in [0.15, 0.2) is 6.61 Å². The molecule has 1 aromatic rings. The molecule has 0 heterocycles. The van der Waals surface area contributed by atoms with Crippen molar-refractivity contribution in [3.63, 3.8) is 0 Å². The number of rotatable bonds is 8. The molecule has 6 heteroatoms. The minimum Gasteiger partial charge on any atom is -0.454 e. The van der Waals surface area contributed by atoms with Crippen LogP contribution in [0.15, 0.2) is 24.3 Å². The second-order valence-corrected chi connectivity index (χ2v) is 7.43. The summed E-state index contributed by atoms with van der Waals surface area (Å²) in [5, 5.41) is 5.24. The maximum absolute atomic E-state index is 12.1. The second-order valence-electron chi connectivity index (χ2n) is 7.43. The zero-order chi connectivity index (χ0) is 19.7. The number of esters is 1. The van der Waals surface area contributed by atoms with Gasteiger partial charge in [-0.15, -0.1) is 0 Å². The number of hydrogen-bond acceptors (Lipinski definition) is 4. The highest BCUT2D eigenvalue weighted by Gasteiger charge is 2.15. The van der Waals surface area contributed by atoms with Crippen LogP contribution >= 0.6 is 0 Å². The molecule has 0 fully saturated rings. The Balaban J connectivity index is 2.38. The van der Waals surface area contributed by atoms with E-state index in [1.54, 1.807) is 12.1 Å². The fourth-order valence-corrected chi connectivity index (χ4v) is 2.39. The molecule has 1 aromatic carbocycles. The van der Waals surface area contributed by atoms with Crippen LogP contribution in [0.4, 0.5) is 0 Å². The van der Waals surface area contributed by atoms with Crippen molar-refractivity contribution in [3.05, 3.63) is 35.4 Å². The summed E-state index contributed by atoms with van der Waals surface area (Å²) in [6, 6.07) is 7.29. The summed E-state index contributed by atoms with van der Waals surface area (Å²) in [5.41, 5.74) is 1.60. The molecule has 0 bridgehead atoms. The standard InChI is InChI=1S/C20H30N2O4/c1-6-7-14(2)22-17(23)13-26-18(24)12-21-19(25)15-8-10-16(11-9-15)20(3,4)5/h8-11,14H,6-7,12-13H2,1-5H3,(H,21,25)(H,22,23)/t14-/m1/s1. The third-order valence-electron chi connectivity index (χ3n) is 3.90. The van der Waals surface area contributed by atoms with Crippen LogP contribution in [0.3, 0.4) is 0 Å². The molecule has 0 aliphatic rings. The third kappa shape index (κ3) is 7.68. The lowest BCUT2D eigenvalue weighted by Gasteiger charge is -2.19. The molecule has 6 nitrogen and oxygen atoms in total. The van der Waals surface area contributed by atoms with Crippen LogP contribution in [0.2, 0.25) is 0 Å². The van der Waals surface area contributed by atoms with Gasteiger partial charge in [0.2, 0.25) is 0 Å². The van der Waals surface area contributed by atoms with Gasteiger partial charge in [-0.05, 0) is 36.5 Å². The monoisotopic (exact) mass is 362 g/mol. The minimum atomic E-state index is -0.650. The quantitative estimate of drug-likeness (QED) is 0.696. The zero-order valence-electron chi connectivity index (χ0n) is 16.3. The summed E-state index contributed by atoms with van der Waals surface area (Å²) in [5.74, 6) is -1.35. The number of nitrogens with one attached hydrogen (secondary N) is 2. The highest BCUT2D eigenvalue weighted by atomic mass is 16.5. The van der Waals surface area contributed by atoms with Crippen LogP contribution in [0, 0.1) is 0 Å². The summed E-state index contributed by atoms with van der Waals surface area (Å²) < 4.78 is 4.87. The van der Waals surface area contributed by atoms with E-state index in [0.717, 1.165) is 18.4 Å². The predicted octanol–water partition coefficient (Wildman–Crippen LogP) is 2.56. The fraction of sp³-hybridized carbons (Fsp3) is 0.550. The van der Waals surface area contributed by atoms with Crippen LogP contribution in [-0.4, -0.2) is 37.0 Å². The van der Waals surface area contributed by atoms with Gasteiger partial charge < -0.3 is 15.4 Å². The summed E-state index contributed by atoms with van der Waals surface area (Å²) in [4.78, 5) is 35.4. The topological polar surface area (TPSA) is 84.5 Å². The van der Waals surface area contributed by atoms with Gasteiger partial charge in [0.1, 0.15) is 6.54 Å². The molecule has 2 amide bonds. The maximum atomic E-state index is 12.1. The van der Waals surface area contributed by atoms with Gasteiger partial charge in [-0.25, -0.2) is 0 Å². The third-order valence-corrected chi connectivity index (χ3v) is 3.90. The Morgan fingerprint density at radius 3 is 2.27 bits per heavy atom. The van der Waals surface area contributed by atoms with Crippen molar-refractivity contribution in [3.8, 4) is 0 Å². The van der Waals surface area contributed by atoms with E-state index in [0.29, 0.717) is 5.56 Å². The van der Waals surface area contributed by atoms with Crippen molar-refractivity contribution in [2.75, 3.05) is 13.2 Å². The summed E-state index contributed by atoms with van der Waals surface area (Å²) in [6.45, 7) is 9.59. The Morgan fingerprint density at radius 1 is 1.12 bits per heavy atom. The highest BCUT2D eigenvalue weighted by molar-refractivity contribution is 5.96. The van der Waals surface area contributed by atoms with E-state index in [1.165, 1.54) is 0 Å². The lowest BCUT2D eigenvalue weighted by Crippen LogP contribution is -2.37. The van der Waals surface area contributed by atoms with Crippen LogP contribution in [0.25, 0.3) is 0 Å². The smallest absolute Gasteiger partial charge is 0.325 e. The van der Waals surface area contributed by atoms with E-state index in [1.807, 2.05) is 26.0 Å². The summed E-state index contributed by atoms with van der Waals surface area (Å²) in [7, 11) is 0. The van der Waals surface area contributed by atoms with Gasteiger partial charge in [0.25, 0.3) is 11.8 Å². The highest BCUT2D eigenvalue weighted by Crippen LogP contribution is 2.22. The van der Waals surface area contributed by atoms with Gasteiger partial charge in [0, 0.05) is 11.6 Å². The molecule has 0 radical (unpaired) electrons. The molecule has 0 aliphatic carbocycles. The van der Waals surface area contributed by atoms with E-state index in [2.05, 4.69) is 31.4 Å². The van der Waals surface area contributed by atoms with Crippen molar-refractivity contribution in [2.45, 2.75) is 58.9 Å². The number of amides is 2. The van der Waals surface area contributed by atoms with Crippen molar-refractivity contribution in [1.29, 1.82) is 0 Å². The van der Waals surface area contributed by atoms with Crippen molar-refractivity contribution >= 4 is 17.8 Å². The van der Waals surface area contributed by atoms with Crippen LogP contribution in [0.1, 0.15) is 63.4 Å². The molecule has 1 rings (SSSR count). The first-order valence-electron chi connectivity index (χ1n) is 8.97. The molecule has 0 aliphatic heterocycles. The van der Waals surface area contributed by atoms with Crippen molar-refractivity contribution in [1.82, 2.24) is 10.6 Å². The van der Waals surface area contributed by atoms with Crippen LogP contribution in [0.5, 0.6) is 0 Å². The lowest BCUT2D eigenvalue weighted by molar-refractivity contribution is -0.147. The largest absolute Gasteiger partial charge is 0.454 e. The first-order valence-corrected chi connectivity index (χ1v) is 8.97. The molecule has 0 saturated carbocycles. The Kier molecular flexibility index (Phi) is 8.29. The number of carbonyl (C=O) groups is 3. The van der Waals surface area contributed by atoms with Crippen LogP contribution < -0.4 is 10.6 Å². The van der Waals surface area contributed by atoms with Crippen molar-refractivity contribution in [2.24, 2.45) is 0 Å². The molecular formula is C20H30N2O4. The Bertz CT molecular complexity index is 618. The van der Waals surface area contributed by atoms with E-state index >= 15 is 0 Å². The first-order chi connectivity index (χ1) is 12.1. The van der Waals surface area contributed by atoms with Gasteiger partial charge in [-0.3, -0.25) is 14.4 Å². The number of carbonyl (C=O) groups excluding carboxylic acids is 3. The van der Waals surface area contributed by atoms with E-state index in [4.69, 9.17) is 4.74 Å². The molecule has 0 aromatic heterocycles. The molecule has 26 heavy (non-hydrogen) atoms. The Hall–Kier alpha value is -2.37. The van der Waals surface area contributed by atoms with Gasteiger partial charge in [0.05, 0.1) is 0 Å². The first kappa shape index (κ1) is 21.7. The average Bonchev–Trinajstić information content (AvgIpc) is 2.57. The van der Waals surface area contributed by atoms with Crippen LogP contribution in [-0.2, 0) is 19.7 Å². The average molecular weight is 362 g/mol. The van der Waals surface area contributed by atoms with E-state index < -0.39 is 5.97 Å². The second kappa shape index (κ2) is 9.94. The molecule has 0 unspecified atom stereocenters. The molecule has 1 atom stereocenters. The van der Waals surface area contributed by atoms with Crippen molar-refractivity contribution < 1.29 is 19.1 Å². The number of ether oxygens (including phenoxy) is 1. The number of hydrogen-bond donors (Lipinski definition) is 2. The summed E-state index contributed by atoms with van der Waals surface area (Å²) in [6.07, 6.45) is 1.83. The minimum absolute atomic E-state index is 0.00795. The Morgan fingerprint density at radius 2 is 1.73 bits per heavy atom. The molecular weight excluding hydrogens is 332 g/mol. The molecule has 2 N–H and O–H groups in total. The molecule has 0 saturated heterocycles. The van der Waals surface area contributed by atoms with Gasteiger partial charge in [-0.1, -0.05) is 46.2 Å². The Labute approximate surface area is 155 Å². The van der Waals surface area contributed by atoms with Gasteiger partial charge >= 0.3 is 5.97 Å². The number of benzene rings is 1. The van der Waals surface area contributed by atoms with E-state index in [-0.39, 0.29) is 36.4 Å². The SMILES string of the molecule is CCC[C@@H](C)NC(=O)COC(=O)CNC(=O)c1ccc(C(C)(C)C)cc1. The van der Waals surface area contributed by atoms with E-state index in [9.17, 15) is 14.4 Å². The lowest BCUT2D eigenvalue weighted by atomic mass is 9.87. The predicted molar refractivity (Wildman–Crippen MR) is 101 cm³/mol. The maximum Gasteiger partial charge on any atom is 0.325 e. The molecule has 0 spiro atoms. The van der Waals surface area contributed by atoms with Gasteiger partial charge in [-0.2, -0.15) is 0 Å².